The molecule has 4 rings (SSSR count). The van der Waals surface area contributed by atoms with E-state index in [1.165, 1.54) is 10.9 Å². The highest BCUT2D eigenvalue weighted by Gasteiger charge is 2.39. The van der Waals surface area contributed by atoms with Crippen molar-refractivity contribution in [3.8, 4) is 0 Å². The van der Waals surface area contributed by atoms with Gasteiger partial charge in [0.15, 0.2) is 0 Å². The Hall–Kier alpha value is -2.39. The van der Waals surface area contributed by atoms with E-state index < -0.39 is 0 Å². The molecule has 1 aromatic heterocycles. The number of hydrogen-bond donors (Lipinski definition) is 1. The molecule has 3 nitrogen and oxygen atoms in total. The molecule has 150 valence electrons. The van der Waals surface area contributed by atoms with Gasteiger partial charge in [-0.3, -0.25) is 9.78 Å². The van der Waals surface area contributed by atoms with Crippen molar-refractivity contribution in [2.45, 2.75) is 45.4 Å². The summed E-state index contributed by atoms with van der Waals surface area (Å²) in [6.45, 7) is 4.32. The maximum Gasteiger partial charge on any atom is 0.227 e. The zero-order valence-corrected chi connectivity index (χ0v) is 17.7. The van der Waals surface area contributed by atoms with Gasteiger partial charge in [0.1, 0.15) is 0 Å². The van der Waals surface area contributed by atoms with E-state index in [9.17, 15) is 4.79 Å². The zero-order valence-electron chi connectivity index (χ0n) is 17.0. The highest BCUT2D eigenvalue weighted by molar-refractivity contribution is 6.30. The third-order valence-corrected chi connectivity index (χ3v) is 7.01. The molecule has 1 N–H and O–H groups in total. The van der Waals surface area contributed by atoms with Gasteiger partial charge >= 0.3 is 0 Å². The van der Waals surface area contributed by atoms with Crippen molar-refractivity contribution < 1.29 is 4.79 Å². The number of fused-ring (bicyclic) bond motifs is 1. The van der Waals surface area contributed by atoms with E-state index in [1.807, 2.05) is 24.4 Å². The van der Waals surface area contributed by atoms with Gasteiger partial charge in [-0.05, 0) is 79.0 Å². The highest BCUT2D eigenvalue weighted by Crippen LogP contribution is 2.47. The molecule has 1 atom stereocenters. The Morgan fingerprint density at radius 3 is 2.55 bits per heavy atom. The largest absolute Gasteiger partial charge is 0.326 e. The standard InChI is InChI=1S/C25H27ClN2O/c1-17(24(29)28-22-9-7-21(26)8-10-22)25(2)13-11-18(12-14-25)20-15-19-5-3-4-6-23(19)27-16-20/h3-10,15-18H,11-14H2,1-2H3,(H,28,29)/t17-,18?,25?/m1/s1. The van der Waals surface area contributed by atoms with Gasteiger partial charge in [-0.1, -0.05) is 43.6 Å². The SMILES string of the molecule is C[C@H](C(=O)Nc1ccc(Cl)cc1)C1(C)CCC(c2cnc3ccccc3c2)CC1. The van der Waals surface area contributed by atoms with Crippen molar-refractivity contribution >= 4 is 34.1 Å². The minimum absolute atomic E-state index is 0.0112. The maximum atomic E-state index is 12.8. The van der Waals surface area contributed by atoms with E-state index in [1.54, 1.807) is 12.1 Å². The molecule has 2 aromatic carbocycles. The predicted molar refractivity (Wildman–Crippen MR) is 120 cm³/mol. The summed E-state index contributed by atoms with van der Waals surface area (Å²) in [6.07, 6.45) is 6.30. The number of nitrogens with zero attached hydrogens (tertiary/aromatic N) is 1. The Morgan fingerprint density at radius 1 is 1.14 bits per heavy atom. The number of carbonyl (C=O) groups excluding carboxylic acids is 1. The van der Waals surface area contributed by atoms with E-state index in [-0.39, 0.29) is 17.2 Å². The van der Waals surface area contributed by atoms with Gasteiger partial charge < -0.3 is 5.32 Å². The summed E-state index contributed by atoms with van der Waals surface area (Å²) in [5, 5.41) is 4.92. The van der Waals surface area contributed by atoms with Crippen LogP contribution < -0.4 is 5.32 Å². The average Bonchev–Trinajstić information content (AvgIpc) is 2.75. The molecule has 1 aliphatic carbocycles. The summed E-state index contributed by atoms with van der Waals surface area (Å²) in [4.78, 5) is 17.5. The molecule has 0 spiro atoms. The number of hydrogen-bond acceptors (Lipinski definition) is 2. The summed E-state index contributed by atoms with van der Waals surface area (Å²) in [6, 6.07) is 17.8. The van der Waals surface area contributed by atoms with E-state index in [2.05, 4.69) is 48.4 Å². The van der Waals surface area contributed by atoms with E-state index in [4.69, 9.17) is 11.6 Å². The van der Waals surface area contributed by atoms with Crippen molar-refractivity contribution in [2.24, 2.45) is 11.3 Å². The fourth-order valence-electron chi connectivity index (χ4n) is 4.46. The summed E-state index contributed by atoms with van der Waals surface area (Å²) < 4.78 is 0. The number of benzene rings is 2. The quantitative estimate of drug-likeness (QED) is 0.516. The number of aromatic nitrogens is 1. The lowest BCUT2D eigenvalue weighted by atomic mass is 9.64. The Kier molecular flexibility index (Phi) is 5.60. The Labute approximate surface area is 177 Å². The van der Waals surface area contributed by atoms with Crippen LogP contribution >= 0.6 is 11.6 Å². The topological polar surface area (TPSA) is 42.0 Å². The van der Waals surface area contributed by atoms with Crippen LogP contribution in [0.5, 0.6) is 0 Å². The third-order valence-electron chi connectivity index (χ3n) is 6.76. The normalized spacial score (nSPS) is 22.9. The number of amides is 1. The first kappa shape index (κ1) is 19.9. The second-order valence-electron chi connectivity index (χ2n) is 8.61. The van der Waals surface area contributed by atoms with Crippen LogP contribution in [-0.2, 0) is 4.79 Å². The van der Waals surface area contributed by atoms with Crippen molar-refractivity contribution in [3.05, 3.63) is 71.4 Å². The minimum Gasteiger partial charge on any atom is -0.326 e. The van der Waals surface area contributed by atoms with Gasteiger partial charge in [-0.2, -0.15) is 0 Å². The van der Waals surface area contributed by atoms with Gasteiger partial charge in [-0.25, -0.2) is 0 Å². The lowest BCUT2D eigenvalue weighted by Crippen LogP contribution is -2.37. The monoisotopic (exact) mass is 406 g/mol. The lowest BCUT2D eigenvalue weighted by Gasteiger charge is -2.41. The third kappa shape index (κ3) is 4.30. The van der Waals surface area contributed by atoms with Crippen LogP contribution in [-0.4, -0.2) is 10.9 Å². The fraction of sp³-hybridized carbons (Fsp3) is 0.360. The number of carbonyl (C=O) groups is 1. The molecule has 0 saturated heterocycles. The van der Waals surface area contributed by atoms with Gasteiger partial charge in [-0.15, -0.1) is 0 Å². The van der Waals surface area contributed by atoms with E-state index >= 15 is 0 Å². The number of para-hydroxylation sites is 1. The molecule has 0 aliphatic heterocycles. The molecule has 0 bridgehead atoms. The van der Waals surface area contributed by atoms with Crippen molar-refractivity contribution in [1.29, 1.82) is 0 Å². The predicted octanol–water partition coefficient (Wildman–Crippen LogP) is 6.83. The van der Waals surface area contributed by atoms with Crippen LogP contribution in [0.1, 0.15) is 51.0 Å². The number of rotatable bonds is 4. The molecule has 0 radical (unpaired) electrons. The molecule has 1 aliphatic rings. The second kappa shape index (κ2) is 8.16. The molecule has 4 heteroatoms. The molecular weight excluding hydrogens is 380 g/mol. The first-order valence-electron chi connectivity index (χ1n) is 10.4. The number of pyridine rings is 1. The van der Waals surface area contributed by atoms with Crippen molar-refractivity contribution in [2.75, 3.05) is 5.32 Å². The fourth-order valence-corrected chi connectivity index (χ4v) is 4.58. The van der Waals surface area contributed by atoms with Crippen LogP contribution in [0.4, 0.5) is 5.69 Å². The molecule has 1 saturated carbocycles. The second-order valence-corrected chi connectivity index (χ2v) is 9.04. The maximum absolute atomic E-state index is 12.8. The number of anilines is 1. The van der Waals surface area contributed by atoms with Crippen LogP contribution in [0.2, 0.25) is 5.02 Å². The zero-order chi connectivity index (χ0) is 20.4. The van der Waals surface area contributed by atoms with Crippen LogP contribution in [0, 0.1) is 11.3 Å². The highest BCUT2D eigenvalue weighted by atomic mass is 35.5. The van der Waals surface area contributed by atoms with Crippen LogP contribution in [0.3, 0.4) is 0 Å². The van der Waals surface area contributed by atoms with Crippen LogP contribution in [0.15, 0.2) is 60.8 Å². The van der Waals surface area contributed by atoms with E-state index in [0.717, 1.165) is 36.9 Å². The summed E-state index contributed by atoms with van der Waals surface area (Å²) in [5.41, 5.74) is 3.18. The molecule has 0 unspecified atom stereocenters. The van der Waals surface area contributed by atoms with Gasteiger partial charge in [0.25, 0.3) is 0 Å². The molecule has 29 heavy (non-hydrogen) atoms. The smallest absolute Gasteiger partial charge is 0.227 e. The average molecular weight is 407 g/mol. The number of nitrogens with one attached hydrogen (secondary N) is 1. The first-order chi connectivity index (χ1) is 13.9. The molecule has 1 fully saturated rings. The molecule has 3 aromatic rings. The number of halogens is 1. The summed E-state index contributed by atoms with van der Waals surface area (Å²) in [7, 11) is 0. The molecule has 1 heterocycles. The van der Waals surface area contributed by atoms with E-state index in [0.29, 0.717) is 10.9 Å². The Morgan fingerprint density at radius 2 is 1.83 bits per heavy atom. The van der Waals surface area contributed by atoms with Crippen LogP contribution in [0.25, 0.3) is 10.9 Å². The van der Waals surface area contributed by atoms with Crippen molar-refractivity contribution in [1.82, 2.24) is 4.98 Å². The van der Waals surface area contributed by atoms with Gasteiger partial charge in [0.2, 0.25) is 5.91 Å². The first-order valence-corrected chi connectivity index (χ1v) is 10.7. The Bertz CT molecular complexity index is 1010. The van der Waals surface area contributed by atoms with Gasteiger partial charge in [0, 0.05) is 28.2 Å². The van der Waals surface area contributed by atoms with Crippen molar-refractivity contribution in [3.63, 3.8) is 0 Å². The summed E-state index contributed by atoms with van der Waals surface area (Å²) >= 11 is 5.93. The summed E-state index contributed by atoms with van der Waals surface area (Å²) in [5.74, 6) is 0.557. The molecular formula is C25H27ClN2O. The Balaban J connectivity index is 1.41. The minimum atomic E-state index is -0.0474. The molecule has 1 amide bonds. The lowest BCUT2D eigenvalue weighted by molar-refractivity contribution is -0.123. The van der Waals surface area contributed by atoms with Gasteiger partial charge in [0.05, 0.1) is 5.52 Å².